The molecular weight excluding hydrogens is 467 g/mol. The van der Waals surface area contributed by atoms with E-state index in [0.29, 0.717) is 5.56 Å². The molecule has 33 heavy (non-hydrogen) atoms. The largest absolute Gasteiger partial charge is 0.534 e. The number of hydrogen-bond donors (Lipinski definition) is 1. The SMILES string of the molecule is CC(C)(C)OC(=O)C(N)(C(=O)OCc1ccccc1)c1ccc(OS(=O)(=O)C(F)(F)F)cc1. The Balaban J connectivity index is 2.36. The van der Waals surface area contributed by atoms with Crippen molar-refractivity contribution in [1.29, 1.82) is 0 Å². The first-order chi connectivity index (χ1) is 15.1. The maximum absolute atomic E-state index is 12.9. The van der Waals surface area contributed by atoms with Crippen molar-refractivity contribution in [1.82, 2.24) is 0 Å². The van der Waals surface area contributed by atoms with Crippen molar-refractivity contribution in [2.75, 3.05) is 0 Å². The zero-order valence-electron chi connectivity index (χ0n) is 17.9. The second-order valence-electron chi connectivity index (χ2n) is 7.88. The van der Waals surface area contributed by atoms with E-state index in [0.717, 1.165) is 24.3 Å². The Bertz CT molecular complexity index is 1100. The maximum atomic E-state index is 12.9. The Kier molecular flexibility index (Phi) is 7.44. The molecule has 1 unspecified atom stereocenters. The van der Waals surface area contributed by atoms with Crippen molar-refractivity contribution in [3.05, 3.63) is 65.7 Å². The Labute approximate surface area is 188 Å². The monoisotopic (exact) mass is 489 g/mol. The molecule has 0 heterocycles. The van der Waals surface area contributed by atoms with Crippen LogP contribution < -0.4 is 9.92 Å². The van der Waals surface area contributed by atoms with Crippen molar-refractivity contribution >= 4 is 22.1 Å². The number of nitrogens with two attached hydrogens (primary N) is 1. The number of esters is 2. The first-order valence-electron chi connectivity index (χ1n) is 9.41. The lowest BCUT2D eigenvalue weighted by atomic mass is 9.90. The third-order valence-corrected chi connectivity index (χ3v) is 5.03. The number of halogens is 3. The van der Waals surface area contributed by atoms with Gasteiger partial charge in [-0.05, 0) is 44.0 Å². The molecule has 0 saturated heterocycles. The van der Waals surface area contributed by atoms with Crippen LogP contribution in [-0.2, 0) is 41.3 Å². The molecule has 2 aromatic rings. The molecule has 0 radical (unpaired) electrons. The highest BCUT2D eigenvalue weighted by Gasteiger charge is 2.50. The number of carbonyl (C=O) groups excluding carboxylic acids is 2. The van der Waals surface area contributed by atoms with E-state index in [1.807, 2.05) is 0 Å². The fourth-order valence-corrected chi connectivity index (χ4v) is 2.92. The second-order valence-corrected chi connectivity index (χ2v) is 9.42. The van der Waals surface area contributed by atoms with Gasteiger partial charge in [-0.1, -0.05) is 42.5 Å². The first kappa shape index (κ1) is 26.1. The average Bonchev–Trinajstić information content (AvgIpc) is 2.70. The van der Waals surface area contributed by atoms with E-state index in [1.54, 1.807) is 51.1 Å². The summed E-state index contributed by atoms with van der Waals surface area (Å²) in [5, 5.41) is 0. The first-order valence-corrected chi connectivity index (χ1v) is 10.8. The molecule has 0 aliphatic heterocycles. The molecule has 1 atom stereocenters. The van der Waals surface area contributed by atoms with Crippen molar-refractivity contribution in [3.8, 4) is 5.75 Å². The summed E-state index contributed by atoms with van der Waals surface area (Å²) in [7, 11) is -5.91. The molecule has 0 aromatic heterocycles. The number of carbonyl (C=O) groups is 2. The molecule has 12 heteroatoms. The van der Waals surface area contributed by atoms with Gasteiger partial charge >= 0.3 is 27.6 Å². The predicted molar refractivity (Wildman–Crippen MR) is 110 cm³/mol. The number of benzene rings is 2. The van der Waals surface area contributed by atoms with Gasteiger partial charge in [-0.3, -0.25) is 0 Å². The maximum Gasteiger partial charge on any atom is 0.534 e. The van der Waals surface area contributed by atoms with Gasteiger partial charge in [-0.25, -0.2) is 9.59 Å². The average molecular weight is 489 g/mol. The minimum Gasteiger partial charge on any atom is -0.459 e. The summed E-state index contributed by atoms with van der Waals surface area (Å²) < 4.78 is 74.4. The highest BCUT2D eigenvalue weighted by atomic mass is 32.2. The van der Waals surface area contributed by atoms with Crippen LogP contribution >= 0.6 is 0 Å². The van der Waals surface area contributed by atoms with E-state index >= 15 is 0 Å². The van der Waals surface area contributed by atoms with Gasteiger partial charge in [0.15, 0.2) is 0 Å². The molecule has 0 aliphatic carbocycles. The molecular formula is C21H22F3NO7S. The number of alkyl halides is 3. The van der Waals surface area contributed by atoms with Gasteiger partial charge < -0.3 is 19.4 Å². The smallest absolute Gasteiger partial charge is 0.459 e. The zero-order chi connectivity index (χ0) is 25.1. The summed E-state index contributed by atoms with van der Waals surface area (Å²) in [5.41, 5.74) is -2.64. The van der Waals surface area contributed by atoms with Gasteiger partial charge in [0.1, 0.15) is 18.0 Å². The predicted octanol–water partition coefficient (Wildman–Crippen LogP) is 3.15. The molecule has 2 rings (SSSR count). The van der Waals surface area contributed by atoms with Crippen LogP contribution in [0.15, 0.2) is 54.6 Å². The molecule has 0 aliphatic rings. The number of ether oxygens (including phenoxy) is 2. The Morgan fingerprint density at radius 3 is 1.94 bits per heavy atom. The van der Waals surface area contributed by atoms with Crippen LogP contribution in [0.2, 0.25) is 0 Å². The van der Waals surface area contributed by atoms with Crippen LogP contribution in [0.5, 0.6) is 5.75 Å². The molecule has 0 amide bonds. The molecule has 0 spiro atoms. The number of hydrogen-bond acceptors (Lipinski definition) is 8. The Morgan fingerprint density at radius 2 is 1.45 bits per heavy atom. The second kappa shape index (κ2) is 9.40. The Hall–Kier alpha value is -3.12. The lowest BCUT2D eigenvalue weighted by Gasteiger charge is -2.30. The van der Waals surface area contributed by atoms with Crippen LogP contribution in [0.25, 0.3) is 0 Å². The molecule has 0 saturated carbocycles. The van der Waals surface area contributed by atoms with E-state index in [9.17, 15) is 31.2 Å². The van der Waals surface area contributed by atoms with Gasteiger partial charge in [-0.2, -0.15) is 21.6 Å². The summed E-state index contributed by atoms with van der Waals surface area (Å²) in [5.74, 6) is -3.07. The van der Waals surface area contributed by atoms with Gasteiger partial charge in [-0.15, -0.1) is 0 Å². The highest BCUT2D eigenvalue weighted by molar-refractivity contribution is 7.88. The van der Waals surface area contributed by atoms with Crippen molar-refractivity contribution in [3.63, 3.8) is 0 Å². The van der Waals surface area contributed by atoms with E-state index < -0.39 is 44.5 Å². The van der Waals surface area contributed by atoms with Crippen LogP contribution in [0, 0.1) is 0 Å². The quantitative estimate of drug-likeness (QED) is 0.272. The molecule has 8 nitrogen and oxygen atoms in total. The van der Waals surface area contributed by atoms with E-state index in [-0.39, 0.29) is 12.2 Å². The Morgan fingerprint density at radius 1 is 0.909 bits per heavy atom. The van der Waals surface area contributed by atoms with Crippen LogP contribution in [0.1, 0.15) is 31.9 Å². The molecule has 2 aromatic carbocycles. The third-order valence-electron chi connectivity index (χ3n) is 4.05. The van der Waals surface area contributed by atoms with Crippen LogP contribution in [0.4, 0.5) is 13.2 Å². The highest BCUT2D eigenvalue weighted by Crippen LogP contribution is 2.30. The summed E-state index contributed by atoms with van der Waals surface area (Å²) in [6.45, 7) is 4.41. The van der Waals surface area contributed by atoms with Gasteiger partial charge in [0, 0.05) is 0 Å². The standard InChI is InChI=1S/C21H22F3NO7S/c1-19(2,3)31-18(27)20(25,17(26)30-13-14-7-5-4-6-8-14)15-9-11-16(12-10-15)32-33(28,29)21(22,23)24/h4-12H,13,25H2,1-3H3. The normalized spacial score (nSPS) is 14.2. The van der Waals surface area contributed by atoms with Crippen molar-refractivity contribution < 1.29 is 44.8 Å². The zero-order valence-corrected chi connectivity index (χ0v) is 18.7. The fraction of sp³-hybridized carbons (Fsp3) is 0.333. The summed E-state index contributed by atoms with van der Waals surface area (Å²) >= 11 is 0. The molecule has 0 bridgehead atoms. The lowest BCUT2D eigenvalue weighted by molar-refractivity contribution is -0.173. The van der Waals surface area contributed by atoms with Gasteiger partial charge in [0.25, 0.3) is 0 Å². The van der Waals surface area contributed by atoms with Gasteiger partial charge in [0.2, 0.25) is 5.54 Å². The third kappa shape index (κ3) is 6.45. The number of rotatable bonds is 7. The van der Waals surface area contributed by atoms with Crippen molar-refractivity contribution in [2.45, 2.75) is 44.0 Å². The molecule has 2 N–H and O–H groups in total. The summed E-state index contributed by atoms with van der Waals surface area (Å²) in [6.07, 6.45) is 0. The van der Waals surface area contributed by atoms with Crippen LogP contribution in [-0.4, -0.2) is 31.5 Å². The lowest BCUT2D eigenvalue weighted by Crippen LogP contribution is -2.55. The van der Waals surface area contributed by atoms with Crippen molar-refractivity contribution in [2.24, 2.45) is 5.73 Å². The molecule has 0 fully saturated rings. The van der Waals surface area contributed by atoms with Gasteiger partial charge in [0.05, 0.1) is 0 Å². The van der Waals surface area contributed by atoms with E-state index in [2.05, 4.69) is 4.18 Å². The van der Waals surface area contributed by atoms with E-state index in [4.69, 9.17) is 15.2 Å². The molecule has 180 valence electrons. The minimum absolute atomic E-state index is 0.216. The summed E-state index contributed by atoms with van der Waals surface area (Å²) in [4.78, 5) is 25.7. The fourth-order valence-electron chi connectivity index (χ4n) is 2.46. The summed E-state index contributed by atoms with van der Waals surface area (Å²) in [6, 6.07) is 12.1. The minimum atomic E-state index is -5.91. The topological polar surface area (TPSA) is 122 Å². The van der Waals surface area contributed by atoms with Crippen LogP contribution in [0.3, 0.4) is 0 Å². The van der Waals surface area contributed by atoms with E-state index in [1.165, 1.54) is 0 Å².